The lowest BCUT2D eigenvalue weighted by Crippen LogP contribution is -2.50. The summed E-state index contributed by atoms with van der Waals surface area (Å²) in [6.45, 7) is 10.2. The van der Waals surface area contributed by atoms with E-state index in [0.29, 0.717) is 44.0 Å². The van der Waals surface area contributed by atoms with Gasteiger partial charge in [-0.2, -0.15) is 0 Å². The maximum atomic E-state index is 14.0. The zero-order chi connectivity index (χ0) is 30.5. The van der Waals surface area contributed by atoms with E-state index in [0.717, 1.165) is 51.8 Å². The van der Waals surface area contributed by atoms with Crippen molar-refractivity contribution in [2.45, 2.75) is 33.6 Å². The summed E-state index contributed by atoms with van der Waals surface area (Å²) in [7, 11) is 0. The summed E-state index contributed by atoms with van der Waals surface area (Å²) in [5, 5.41) is 10.7. The largest absolute Gasteiger partial charge is 0.481 e. The summed E-state index contributed by atoms with van der Waals surface area (Å²) in [6.07, 6.45) is -0.227. The van der Waals surface area contributed by atoms with Crippen molar-refractivity contribution in [3.63, 3.8) is 0 Å². The van der Waals surface area contributed by atoms with E-state index in [1.165, 1.54) is 0 Å². The number of benzene rings is 3. The average molecular weight is 583 g/mol. The number of carboxylic acid groups (broad SMARTS) is 1. The highest BCUT2D eigenvalue weighted by Crippen LogP contribution is 2.42. The van der Waals surface area contributed by atoms with Crippen molar-refractivity contribution in [2.75, 3.05) is 50.7 Å². The Balaban J connectivity index is 1.56. The van der Waals surface area contributed by atoms with E-state index in [9.17, 15) is 14.4 Å². The van der Waals surface area contributed by atoms with E-state index in [4.69, 9.17) is 9.52 Å². The van der Waals surface area contributed by atoms with Crippen molar-refractivity contribution in [2.24, 2.45) is 4.99 Å². The molecule has 0 saturated carbocycles. The summed E-state index contributed by atoms with van der Waals surface area (Å²) in [5.74, 6) is -0.593. The Morgan fingerprint density at radius 2 is 1.58 bits per heavy atom. The minimum Gasteiger partial charge on any atom is -0.481 e. The number of carboxylic acids is 1. The van der Waals surface area contributed by atoms with Crippen molar-refractivity contribution in [3.8, 4) is 22.5 Å². The molecule has 0 radical (unpaired) electrons. The second kappa shape index (κ2) is 13.1. The Bertz CT molecular complexity index is 1680. The normalized spacial score (nSPS) is 14.0. The predicted octanol–water partition coefficient (Wildman–Crippen LogP) is 5.12. The predicted molar refractivity (Wildman–Crippen MR) is 167 cm³/mol. The monoisotopic (exact) mass is 582 g/mol. The van der Waals surface area contributed by atoms with Gasteiger partial charge in [-0.25, -0.2) is 0 Å². The lowest BCUT2D eigenvalue weighted by atomic mass is 9.90. The van der Waals surface area contributed by atoms with Crippen molar-refractivity contribution in [3.05, 3.63) is 71.6 Å². The first-order chi connectivity index (χ1) is 20.8. The summed E-state index contributed by atoms with van der Waals surface area (Å²) in [6, 6.07) is 19.9. The number of anilines is 1. The third-order valence-electron chi connectivity index (χ3n) is 8.06. The number of carbonyl (C=O) groups excluding carboxylic acids is 2. The van der Waals surface area contributed by atoms with Crippen LogP contribution in [0.1, 0.15) is 44.0 Å². The van der Waals surface area contributed by atoms with Gasteiger partial charge < -0.3 is 24.2 Å². The van der Waals surface area contributed by atoms with Gasteiger partial charge in [0.2, 0.25) is 5.91 Å². The molecular formula is C34H38N4O5. The van der Waals surface area contributed by atoms with Crippen LogP contribution in [-0.4, -0.2) is 78.5 Å². The zero-order valence-corrected chi connectivity index (χ0v) is 25.0. The molecule has 3 aliphatic rings. The lowest BCUT2D eigenvalue weighted by Gasteiger charge is -2.35. The Labute approximate surface area is 251 Å². The van der Waals surface area contributed by atoms with Gasteiger partial charge in [-0.3, -0.25) is 19.4 Å². The Morgan fingerprint density at radius 1 is 0.860 bits per heavy atom. The molecule has 0 bridgehead atoms. The van der Waals surface area contributed by atoms with E-state index >= 15 is 0 Å². The highest BCUT2D eigenvalue weighted by Gasteiger charge is 2.28. The highest BCUT2D eigenvalue weighted by molar-refractivity contribution is 6.09. The van der Waals surface area contributed by atoms with Crippen LogP contribution in [0.4, 0.5) is 5.69 Å². The van der Waals surface area contributed by atoms with Gasteiger partial charge >= 0.3 is 5.97 Å². The number of piperazine rings is 1. The lowest BCUT2D eigenvalue weighted by molar-refractivity contribution is -0.141. The van der Waals surface area contributed by atoms with Crippen LogP contribution in [0.3, 0.4) is 0 Å². The van der Waals surface area contributed by atoms with Gasteiger partial charge in [-0.1, -0.05) is 18.2 Å². The molecular weight excluding hydrogens is 544 g/mol. The average Bonchev–Trinajstić information content (AvgIpc) is 3.03. The summed E-state index contributed by atoms with van der Waals surface area (Å²) < 4.78 is 6.50. The number of fused-ring (bicyclic) bond motifs is 2. The molecule has 1 saturated heterocycles. The molecule has 0 unspecified atom stereocenters. The fourth-order valence-corrected chi connectivity index (χ4v) is 5.81. The number of amides is 2. The van der Waals surface area contributed by atoms with Crippen molar-refractivity contribution >= 4 is 34.4 Å². The zero-order valence-electron chi connectivity index (χ0n) is 25.0. The molecule has 9 nitrogen and oxygen atoms in total. The van der Waals surface area contributed by atoms with Gasteiger partial charge in [0, 0.05) is 92.1 Å². The molecule has 1 N–H and O–H groups in total. The van der Waals surface area contributed by atoms with E-state index in [1.807, 2.05) is 49.4 Å². The van der Waals surface area contributed by atoms with Crippen molar-refractivity contribution in [1.82, 2.24) is 9.80 Å². The molecule has 2 heterocycles. The fourth-order valence-electron chi connectivity index (χ4n) is 5.81. The highest BCUT2D eigenvalue weighted by atomic mass is 16.4. The number of hydrogen-bond donors (Lipinski definition) is 1. The molecule has 2 aromatic carbocycles. The molecule has 0 atom stereocenters. The quantitative estimate of drug-likeness (QED) is 0.275. The van der Waals surface area contributed by atoms with Gasteiger partial charge in [-0.05, 0) is 56.7 Å². The number of aliphatic carboxylic acids is 1. The second-order valence-electron chi connectivity index (χ2n) is 10.6. The van der Waals surface area contributed by atoms with Crippen LogP contribution in [0, 0.1) is 0 Å². The molecule has 1 fully saturated rings. The van der Waals surface area contributed by atoms with E-state index in [1.54, 1.807) is 9.80 Å². The molecule has 224 valence electrons. The second-order valence-corrected chi connectivity index (χ2v) is 10.6. The fraction of sp³-hybridized carbons (Fsp3) is 0.353. The minimum atomic E-state index is -0.993. The van der Waals surface area contributed by atoms with Crippen LogP contribution in [0.15, 0.2) is 70.1 Å². The van der Waals surface area contributed by atoms with E-state index in [2.05, 4.69) is 41.9 Å². The first-order valence-electron chi connectivity index (χ1n) is 15.0. The maximum absolute atomic E-state index is 14.0. The number of carbonyl (C=O) groups is 3. The Morgan fingerprint density at radius 3 is 2.28 bits per heavy atom. The topological polar surface area (TPSA) is 107 Å². The third-order valence-corrected chi connectivity index (χ3v) is 8.06. The van der Waals surface area contributed by atoms with Crippen LogP contribution in [0.25, 0.3) is 33.4 Å². The van der Waals surface area contributed by atoms with Crippen molar-refractivity contribution in [1.29, 1.82) is 0 Å². The molecule has 2 aliphatic heterocycles. The molecule has 43 heavy (non-hydrogen) atoms. The standard InChI is InChI=1S/C34H38N4O5/c1-4-35-23-11-13-27-29(21-23)43-30-22-24(36(5-2)6-3)12-14-28(30)33(27)25-9-7-8-10-26(25)34(42)38-19-17-37(18-20-38)31(39)15-16-32(40)41/h7-14,21-22H,4-6,15-20H2,1-3H3,(H,40,41). The van der Waals surface area contributed by atoms with Crippen LogP contribution >= 0.6 is 0 Å². The summed E-state index contributed by atoms with van der Waals surface area (Å²) in [5.41, 5.74) is 5.02. The van der Waals surface area contributed by atoms with Gasteiger partial charge in [0.25, 0.3) is 5.91 Å². The molecule has 9 heteroatoms. The number of rotatable bonds is 9. The third kappa shape index (κ3) is 6.26. The Kier molecular flexibility index (Phi) is 9.09. The van der Waals surface area contributed by atoms with Crippen LogP contribution in [0.2, 0.25) is 0 Å². The van der Waals surface area contributed by atoms with Crippen LogP contribution < -0.4 is 10.3 Å². The summed E-state index contributed by atoms with van der Waals surface area (Å²) in [4.78, 5) is 47.6. The SMILES string of the molecule is CCN=c1ccc2c(-c3ccccc3C(=O)N3CCN(C(=O)CCC(=O)O)CC3)c3ccc(N(CC)CC)cc3oc-2c1. The Hall–Kier alpha value is -4.66. The van der Waals surface area contributed by atoms with E-state index in [-0.39, 0.29) is 24.7 Å². The smallest absolute Gasteiger partial charge is 0.303 e. The van der Waals surface area contributed by atoms with Crippen LogP contribution in [-0.2, 0) is 9.59 Å². The van der Waals surface area contributed by atoms with Crippen molar-refractivity contribution < 1.29 is 23.9 Å². The minimum absolute atomic E-state index is 0.0332. The van der Waals surface area contributed by atoms with Gasteiger partial charge in [0.15, 0.2) is 0 Å². The first-order valence-corrected chi connectivity index (χ1v) is 15.0. The molecule has 5 rings (SSSR count). The van der Waals surface area contributed by atoms with Gasteiger partial charge in [0.1, 0.15) is 11.3 Å². The molecule has 2 amide bonds. The summed E-state index contributed by atoms with van der Waals surface area (Å²) >= 11 is 0. The molecule has 2 aromatic rings. The van der Waals surface area contributed by atoms with Gasteiger partial charge in [0.05, 0.1) is 11.8 Å². The number of hydrogen-bond acceptors (Lipinski definition) is 6. The van der Waals surface area contributed by atoms with E-state index < -0.39 is 5.97 Å². The molecule has 0 aromatic heterocycles. The molecule has 0 spiro atoms. The first kappa shape index (κ1) is 29.8. The maximum Gasteiger partial charge on any atom is 0.303 e. The molecule has 1 aliphatic carbocycles. The van der Waals surface area contributed by atoms with Crippen LogP contribution in [0.5, 0.6) is 0 Å². The number of nitrogens with zero attached hydrogens (tertiary/aromatic N) is 4. The van der Waals surface area contributed by atoms with Gasteiger partial charge in [-0.15, -0.1) is 0 Å².